The number of carbonyl (C=O) groups excluding carboxylic acids is 1. The SMILES string of the molecule is COCCC(C)NC(=O)C1C2CCC(C2)C1N. The molecule has 0 spiro atoms. The smallest absolute Gasteiger partial charge is 0.225 e. The summed E-state index contributed by atoms with van der Waals surface area (Å²) in [6.07, 6.45) is 4.42. The predicted octanol–water partition coefficient (Wildman–Crippen LogP) is 0.901. The van der Waals surface area contributed by atoms with Crippen molar-refractivity contribution in [1.82, 2.24) is 5.32 Å². The lowest BCUT2D eigenvalue weighted by Crippen LogP contribution is -2.47. The van der Waals surface area contributed by atoms with E-state index < -0.39 is 0 Å². The number of carbonyl (C=O) groups is 1. The topological polar surface area (TPSA) is 64.3 Å². The maximum atomic E-state index is 12.2. The van der Waals surface area contributed by atoms with Gasteiger partial charge in [0.2, 0.25) is 5.91 Å². The first kappa shape index (κ1) is 12.8. The van der Waals surface area contributed by atoms with Gasteiger partial charge in [-0.3, -0.25) is 4.79 Å². The summed E-state index contributed by atoms with van der Waals surface area (Å²) >= 11 is 0. The highest BCUT2D eigenvalue weighted by molar-refractivity contribution is 5.80. The highest BCUT2D eigenvalue weighted by Gasteiger charge is 2.49. The maximum absolute atomic E-state index is 12.2. The van der Waals surface area contributed by atoms with E-state index in [9.17, 15) is 4.79 Å². The molecule has 0 aromatic carbocycles. The normalized spacial score (nSPS) is 37.1. The molecule has 2 aliphatic carbocycles. The summed E-state index contributed by atoms with van der Waals surface area (Å²) in [5.41, 5.74) is 6.16. The van der Waals surface area contributed by atoms with Crippen LogP contribution >= 0.6 is 0 Å². The zero-order chi connectivity index (χ0) is 12.4. The molecule has 2 bridgehead atoms. The molecule has 0 aliphatic heterocycles. The van der Waals surface area contributed by atoms with Crippen LogP contribution in [0.15, 0.2) is 0 Å². The van der Waals surface area contributed by atoms with Crippen molar-refractivity contribution in [1.29, 1.82) is 0 Å². The minimum absolute atomic E-state index is 0.0544. The second-order valence-electron chi connectivity index (χ2n) is 5.63. The molecule has 5 atom stereocenters. The molecule has 2 saturated carbocycles. The third-order valence-corrected chi connectivity index (χ3v) is 4.43. The van der Waals surface area contributed by atoms with Gasteiger partial charge in [-0.2, -0.15) is 0 Å². The molecule has 17 heavy (non-hydrogen) atoms. The van der Waals surface area contributed by atoms with Crippen LogP contribution in [0.2, 0.25) is 0 Å². The summed E-state index contributed by atoms with van der Waals surface area (Å²) < 4.78 is 5.01. The Kier molecular flexibility index (Phi) is 4.05. The Bertz CT molecular complexity index is 281. The van der Waals surface area contributed by atoms with Crippen LogP contribution in [-0.2, 0) is 9.53 Å². The zero-order valence-corrected chi connectivity index (χ0v) is 10.8. The van der Waals surface area contributed by atoms with Crippen LogP contribution in [0.4, 0.5) is 0 Å². The summed E-state index contributed by atoms with van der Waals surface area (Å²) in [5.74, 6) is 1.33. The van der Waals surface area contributed by atoms with Gasteiger partial charge in [-0.25, -0.2) is 0 Å². The molecule has 1 amide bonds. The van der Waals surface area contributed by atoms with E-state index >= 15 is 0 Å². The number of ether oxygens (including phenoxy) is 1. The van der Waals surface area contributed by atoms with Gasteiger partial charge in [-0.05, 0) is 44.4 Å². The molecule has 2 aliphatic rings. The quantitative estimate of drug-likeness (QED) is 0.750. The molecule has 0 saturated heterocycles. The third kappa shape index (κ3) is 2.63. The van der Waals surface area contributed by atoms with Crippen LogP contribution in [0.1, 0.15) is 32.6 Å². The van der Waals surface area contributed by atoms with Gasteiger partial charge in [0, 0.05) is 25.8 Å². The van der Waals surface area contributed by atoms with Crippen LogP contribution in [0.5, 0.6) is 0 Å². The van der Waals surface area contributed by atoms with Gasteiger partial charge in [0.15, 0.2) is 0 Å². The minimum atomic E-state index is 0.0544. The van der Waals surface area contributed by atoms with E-state index in [-0.39, 0.29) is 23.9 Å². The Hall–Kier alpha value is -0.610. The first-order chi connectivity index (χ1) is 8.13. The van der Waals surface area contributed by atoms with Crippen molar-refractivity contribution in [2.75, 3.05) is 13.7 Å². The van der Waals surface area contributed by atoms with Gasteiger partial charge in [0.1, 0.15) is 0 Å². The number of amides is 1. The Morgan fingerprint density at radius 1 is 1.47 bits per heavy atom. The van der Waals surface area contributed by atoms with Crippen LogP contribution in [-0.4, -0.2) is 31.7 Å². The summed E-state index contributed by atoms with van der Waals surface area (Å²) in [4.78, 5) is 12.2. The first-order valence-electron chi connectivity index (χ1n) is 6.68. The molecular formula is C13H24N2O2. The van der Waals surface area contributed by atoms with Crippen molar-refractivity contribution >= 4 is 5.91 Å². The maximum Gasteiger partial charge on any atom is 0.225 e. The number of hydrogen-bond donors (Lipinski definition) is 2. The van der Waals surface area contributed by atoms with Gasteiger partial charge < -0.3 is 15.8 Å². The van der Waals surface area contributed by atoms with Gasteiger partial charge >= 0.3 is 0 Å². The van der Waals surface area contributed by atoms with E-state index in [1.165, 1.54) is 12.8 Å². The number of hydrogen-bond acceptors (Lipinski definition) is 3. The average molecular weight is 240 g/mol. The Labute approximate surface area is 103 Å². The van der Waals surface area contributed by atoms with Crippen LogP contribution < -0.4 is 11.1 Å². The van der Waals surface area contributed by atoms with Crippen molar-refractivity contribution in [3.63, 3.8) is 0 Å². The summed E-state index contributed by atoms with van der Waals surface area (Å²) in [5, 5.41) is 3.07. The number of nitrogens with two attached hydrogens (primary N) is 1. The highest BCUT2D eigenvalue weighted by atomic mass is 16.5. The Morgan fingerprint density at radius 2 is 2.18 bits per heavy atom. The second kappa shape index (κ2) is 5.36. The second-order valence-corrected chi connectivity index (χ2v) is 5.63. The molecule has 4 nitrogen and oxygen atoms in total. The standard InChI is InChI=1S/C13H24N2O2/c1-8(5-6-17-2)15-13(16)11-9-3-4-10(7-9)12(11)14/h8-12H,3-7,14H2,1-2H3,(H,15,16). The third-order valence-electron chi connectivity index (χ3n) is 4.43. The molecular weight excluding hydrogens is 216 g/mol. The number of nitrogens with one attached hydrogen (secondary N) is 1. The first-order valence-corrected chi connectivity index (χ1v) is 6.68. The molecule has 5 unspecified atom stereocenters. The average Bonchev–Trinajstić information content (AvgIpc) is 2.86. The molecule has 0 heterocycles. The van der Waals surface area contributed by atoms with Gasteiger partial charge in [-0.15, -0.1) is 0 Å². The van der Waals surface area contributed by atoms with Crippen LogP contribution in [0, 0.1) is 17.8 Å². The summed E-state index contributed by atoms with van der Waals surface area (Å²) in [6.45, 7) is 2.71. The molecule has 0 aromatic heterocycles. The molecule has 0 aromatic rings. The van der Waals surface area contributed by atoms with E-state index in [1.54, 1.807) is 7.11 Å². The lowest BCUT2D eigenvalue weighted by molar-refractivity contribution is -0.127. The molecule has 2 fully saturated rings. The molecule has 4 heteroatoms. The van der Waals surface area contributed by atoms with E-state index in [1.807, 2.05) is 6.92 Å². The number of fused-ring (bicyclic) bond motifs is 2. The lowest BCUT2D eigenvalue weighted by Gasteiger charge is -2.28. The number of rotatable bonds is 5. The van der Waals surface area contributed by atoms with E-state index in [2.05, 4.69) is 5.32 Å². The fourth-order valence-electron chi connectivity index (χ4n) is 3.43. The summed E-state index contributed by atoms with van der Waals surface area (Å²) in [7, 11) is 1.68. The van der Waals surface area contributed by atoms with Crippen molar-refractivity contribution in [3.8, 4) is 0 Å². The fourth-order valence-corrected chi connectivity index (χ4v) is 3.43. The number of methoxy groups -OCH3 is 1. The Balaban J connectivity index is 1.84. The fraction of sp³-hybridized carbons (Fsp3) is 0.923. The highest BCUT2D eigenvalue weighted by Crippen LogP contribution is 2.47. The lowest BCUT2D eigenvalue weighted by atomic mass is 9.84. The van der Waals surface area contributed by atoms with Gasteiger partial charge in [0.05, 0.1) is 5.92 Å². The monoisotopic (exact) mass is 240 g/mol. The zero-order valence-electron chi connectivity index (χ0n) is 10.8. The van der Waals surface area contributed by atoms with Gasteiger partial charge in [0.25, 0.3) is 0 Å². The van der Waals surface area contributed by atoms with Crippen molar-refractivity contribution in [2.45, 2.75) is 44.7 Å². The predicted molar refractivity (Wildman–Crippen MR) is 66.4 cm³/mol. The van der Waals surface area contributed by atoms with Crippen LogP contribution in [0.25, 0.3) is 0 Å². The van der Waals surface area contributed by atoms with E-state index in [4.69, 9.17) is 10.5 Å². The minimum Gasteiger partial charge on any atom is -0.385 e. The summed E-state index contributed by atoms with van der Waals surface area (Å²) in [6, 6.07) is 0.261. The molecule has 98 valence electrons. The largest absolute Gasteiger partial charge is 0.385 e. The molecule has 3 N–H and O–H groups in total. The van der Waals surface area contributed by atoms with Crippen molar-refractivity contribution in [3.05, 3.63) is 0 Å². The molecule has 0 radical (unpaired) electrons. The molecule has 2 rings (SSSR count). The van der Waals surface area contributed by atoms with Crippen molar-refractivity contribution in [2.24, 2.45) is 23.5 Å². The van der Waals surface area contributed by atoms with Gasteiger partial charge in [-0.1, -0.05) is 0 Å². The van der Waals surface area contributed by atoms with E-state index in [0.29, 0.717) is 18.4 Å². The Morgan fingerprint density at radius 3 is 2.76 bits per heavy atom. The van der Waals surface area contributed by atoms with E-state index in [0.717, 1.165) is 12.8 Å². The van der Waals surface area contributed by atoms with Crippen molar-refractivity contribution < 1.29 is 9.53 Å². The van der Waals surface area contributed by atoms with Crippen LogP contribution in [0.3, 0.4) is 0 Å².